The molecule has 0 aliphatic heterocycles. The Hall–Kier alpha value is -1.31. The Bertz CT molecular complexity index is 292. The van der Waals surface area contributed by atoms with E-state index in [2.05, 4.69) is 0 Å². The molecule has 1 unspecified atom stereocenters. The lowest BCUT2D eigenvalue weighted by molar-refractivity contribution is -0.207. The topological polar surface area (TPSA) is 75.6 Å². The van der Waals surface area contributed by atoms with Crippen LogP contribution in [0, 0.1) is 0 Å². The molecular weight excluding hydrogens is 243 g/mol. The van der Waals surface area contributed by atoms with Gasteiger partial charge < -0.3 is 15.2 Å². The summed E-state index contributed by atoms with van der Waals surface area (Å²) in [7, 11) is 0. The van der Waals surface area contributed by atoms with Gasteiger partial charge in [-0.25, -0.2) is 4.79 Å². The number of carboxylic acids is 1. The minimum Gasteiger partial charge on any atom is -0.479 e. The van der Waals surface area contributed by atoms with E-state index in [0.29, 0.717) is 13.5 Å². The van der Waals surface area contributed by atoms with Crippen molar-refractivity contribution in [1.29, 1.82) is 0 Å². The number of alkyl halides is 3. The van der Waals surface area contributed by atoms with E-state index in [1.54, 1.807) is 6.92 Å². The first-order valence-corrected chi connectivity index (χ1v) is 4.84. The molecular formula is C9H14F3NO4. The Kier molecular flexibility index (Phi) is 5.40. The van der Waals surface area contributed by atoms with Gasteiger partial charge in [0.15, 0.2) is 0 Å². The number of nitrogens with one attached hydrogen (secondary N) is 1. The highest BCUT2D eigenvalue weighted by Gasteiger charge is 2.58. The standard InChI is InChI=1S/C9H14F3NO4/c1-3-17-5-4-6(14)13-8(2,7(15)16)9(10,11)12/h3-5H2,1-2H3,(H,13,14)(H,15,16). The van der Waals surface area contributed by atoms with Gasteiger partial charge in [-0.2, -0.15) is 13.2 Å². The monoisotopic (exact) mass is 257 g/mol. The second kappa shape index (κ2) is 5.85. The fraction of sp³-hybridized carbons (Fsp3) is 0.778. The van der Waals surface area contributed by atoms with Crippen LogP contribution in [-0.2, 0) is 14.3 Å². The summed E-state index contributed by atoms with van der Waals surface area (Å²) in [5.74, 6) is -3.18. The number of rotatable bonds is 6. The molecule has 0 fully saturated rings. The highest BCUT2D eigenvalue weighted by atomic mass is 19.4. The largest absolute Gasteiger partial charge is 0.479 e. The Morgan fingerprint density at radius 2 is 1.88 bits per heavy atom. The third kappa shape index (κ3) is 4.22. The zero-order valence-electron chi connectivity index (χ0n) is 9.43. The molecule has 0 aliphatic carbocycles. The average molecular weight is 257 g/mol. The van der Waals surface area contributed by atoms with E-state index in [-0.39, 0.29) is 13.0 Å². The smallest absolute Gasteiger partial charge is 0.422 e. The Balaban J connectivity index is 4.58. The number of hydrogen-bond acceptors (Lipinski definition) is 3. The summed E-state index contributed by atoms with van der Waals surface area (Å²) in [6.07, 6.45) is -5.40. The first kappa shape index (κ1) is 15.7. The average Bonchev–Trinajstić information content (AvgIpc) is 2.15. The molecule has 100 valence electrons. The van der Waals surface area contributed by atoms with Crippen LogP contribution >= 0.6 is 0 Å². The molecule has 0 aromatic carbocycles. The van der Waals surface area contributed by atoms with Crippen molar-refractivity contribution in [2.45, 2.75) is 32.0 Å². The van der Waals surface area contributed by atoms with Gasteiger partial charge in [-0.3, -0.25) is 4.79 Å². The zero-order chi connectivity index (χ0) is 13.7. The summed E-state index contributed by atoms with van der Waals surface area (Å²) in [6.45, 7) is 2.32. The normalized spacial score (nSPS) is 15.1. The molecule has 0 spiro atoms. The lowest BCUT2D eigenvalue weighted by Crippen LogP contribution is -2.62. The van der Waals surface area contributed by atoms with E-state index >= 15 is 0 Å². The minimum absolute atomic E-state index is 0.0596. The number of amides is 1. The molecule has 2 N–H and O–H groups in total. The van der Waals surface area contributed by atoms with Crippen molar-refractivity contribution in [2.24, 2.45) is 0 Å². The van der Waals surface area contributed by atoms with Gasteiger partial charge in [-0.1, -0.05) is 0 Å². The van der Waals surface area contributed by atoms with Crippen molar-refractivity contribution in [2.75, 3.05) is 13.2 Å². The first-order valence-electron chi connectivity index (χ1n) is 4.84. The van der Waals surface area contributed by atoms with Crippen LogP contribution in [0.15, 0.2) is 0 Å². The third-order valence-electron chi connectivity index (χ3n) is 2.06. The fourth-order valence-corrected chi connectivity index (χ4v) is 0.896. The molecule has 0 aromatic heterocycles. The summed E-state index contributed by atoms with van der Waals surface area (Å²) >= 11 is 0. The predicted molar refractivity (Wildman–Crippen MR) is 51.3 cm³/mol. The number of aliphatic carboxylic acids is 1. The third-order valence-corrected chi connectivity index (χ3v) is 2.06. The maximum atomic E-state index is 12.5. The molecule has 1 atom stereocenters. The minimum atomic E-state index is -5.07. The van der Waals surface area contributed by atoms with Crippen LogP contribution < -0.4 is 5.32 Å². The zero-order valence-corrected chi connectivity index (χ0v) is 9.43. The maximum Gasteiger partial charge on any atom is 0.422 e. The molecule has 0 rings (SSSR count). The quantitative estimate of drug-likeness (QED) is 0.694. The summed E-state index contributed by atoms with van der Waals surface area (Å²) in [6, 6.07) is 0. The summed E-state index contributed by atoms with van der Waals surface area (Å²) < 4.78 is 42.2. The van der Waals surface area contributed by atoms with E-state index in [4.69, 9.17) is 9.84 Å². The second-order valence-electron chi connectivity index (χ2n) is 3.42. The van der Waals surface area contributed by atoms with E-state index in [1.165, 1.54) is 5.32 Å². The number of carbonyl (C=O) groups is 2. The Morgan fingerprint density at radius 1 is 1.35 bits per heavy atom. The number of halogens is 3. The SMILES string of the molecule is CCOCCC(=O)NC(C)(C(=O)O)C(F)(F)F. The lowest BCUT2D eigenvalue weighted by atomic mass is 10.0. The summed E-state index contributed by atoms with van der Waals surface area (Å²) in [5.41, 5.74) is -3.28. The number of carbonyl (C=O) groups excluding carboxylic acids is 1. The van der Waals surface area contributed by atoms with Crippen LogP contribution in [0.5, 0.6) is 0 Å². The molecule has 0 aliphatic rings. The fourth-order valence-electron chi connectivity index (χ4n) is 0.896. The summed E-state index contributed by atoms with van der Waals surface area (Å²) in [4.78, 5) is 21.7. The van der Waals surface area contributed by atoms with Gasteiger partial charge in [-0.15, -0.1) is 0 Å². The molecule has 5 nitrogen and oxygen atoms in total. The van der Waals surface area contributed by atoms with E-state index in [9.17, 15) is 22.8 Å². The van der Waals surface area contributed by atoms with Gasteiger partial charge in [0.25, 0.3) is 0 Å². The van der Waals surface area contributed by atoms with Crippen molar-refractivity contribution >= 4 is 11.9 Å². The van der Waals surface area contributed by atoms with Crippen molar-refractivity contribution in [3.05, 3.63) is 0 Å². The van der Waals surface area contributed by atoms with Gasteiger partial charge in [0.2, 0.25) is 11.4 Å². The van der Waals surface area contributed by atoms with Crippen molar-refractivity contribution in [3.8, 4) is 0 Å². The van der Waals surface area contributed by atoms with E-state index < -0.39 is 23.6 Å². The van der Waals surface area contributed by atoms with Crippen LogP contribution in [0.3, 0.4) is 0 Å². The van der Waals surface area contributed by atoms with Gasteiger partial charge >= 0.3 is 12.1 Å². The van der Waals surface area contributed by atoms with Crippen molar-refractivity contribution in [1.82, 2.24) is 5.32 Å². The first-order chi connectivity index (χ1) is 7.65. The van der Waals surface area contributed by atoms with Gasteiger partial charge in [0.1, 0.15) is 0 Å². The second-order valence-corrected chi connectivity index (χ2v) is 3.42. The molecule has 0 saturated carbocycles. The Morgan fingerprint density at radius 3 is 2.24 bits per heavy atom. The molecule has 0 saturated heterocycles. The molecule has 1 amide bonds. The highest BCUT2D eigenvalue weighted by molar-refractivity contribution is 5.87. The van der Waals surface area contributed by atoms with Gasteiger partial charge in [0.05, 0.1) is 6.61 Å². The van der Waals surface area contributed by atoms with Crippen molar-refractivity contribution in [3.63, 3.8) is 0 Å². The van der Waals surface area contributed by atoms with Crippen molar-refractivity contribution < 1.29 is 32.6 Å². The molecule has 0 heterocycles. The molecule has 0 radical (unpaired) electrons. The molecule has 8 heteroatoms. The lowest BCUT2D eigenvalue weighted by Gasteiger charge is -2.28. The van der Waals surface area contributed by atoms with E-state index in [1.807, 2.05) is 0 Å². The van der Waals surface area contributed by atoms with Crippen LogP contribution in [0.2, 0.25) is 0 Å². The van der Waals surface area contributed by atoms with Crippen LogP contribution in [0.1, 0.15) is 20.3 Å². The predicted octanol–water partition coefficient (Wildman–Crippen LogP) is 0.935. The van der Waals surface area contributed by atoms with E-state index in [0.717, 1.165) is 0 Å². The number of carboxylic acid groups (broad SMARTS) is 1. The van der Waals surface area contributed by atoms with Gasteiger partial charge in [-0.05, 0) is 13.8 Å². The van der Waals surface area contributed by atoms with Crippen LogP contribution in [0.4, 0.5) is 13.2 Å². The number of ether oxygens (including phenoxy) is 1. The van der Waals surface area contributed by atoms with Gasteiger partial charge in [0, 0.05) is 13.0 Å². The molecule has 0 aromatic rings. The van der Waals surface area contributed by atoms with Crippen LogP contribution in [-0.4, -0.2) is 41.9 Å². The highest BCUT2D eigenvalue weighted by Crippen LogP contribution is 2.30. The molecule has 0 bridgehead atoms. The Labute approximate surface area is 95.9 Å². The maximum absolute atomic E-state index is 12.5. The summed E-state index contributed by atoms with van der Waals surface area (Å²) in [5, 5.41) is 9.97. The van der Waals surface area contributed by atoms with Crippen LogP contribution in [0.25, 0.3) is 0 Å². The number of hydrogen-bond donors (Lipinski definition) is 2. The molecule has 17 heavy (non-hydrogen) atoms.